The lowest BCUT2D eigenvalue weighted by atomic mass is 10.4. The summed E-state index contributed by atoms with van der Waals surface area (Å²) in [7, 11) is 0. The van der Waals surface area contributed by atoms with Crippen LogP contribution in [0.5, 0.6) is 0 Å². The number of pyridine rings is 1. The summed E-state index contributed by atoms with van der Waals surface area (Å²) in [5.41, 5.74) is 5.79. The number of rotatable bonds is 3. The van der Waals surface area contributed by atoms with Gasteiger partial charge >= 0.3 is 0 Å². The molecule has 2 heterocycles. The van der Waals surface area contributed by atoms with E-state index in [1.807, 2.05) is 12.1 Å². The molecule has 16 heavy (non-hydrogen) atoms. The second-order valence-corrected chi connectivity index (χ2v) is 3.96. The quantitative estimate of drug-likeness (QED) is 0.472. The highest BCUT2D eigenvalue weighted by atomic mass is 32.2. The van der Waals surface area contributed by atoms with Crippen LogP contribution in [0.4, 0.5) is 0 Å². The van der Waals surface area contributed by atoms with Gasteiger partial charge in [-0.15, -0.1) is 0 Å². The molecule has 0 unspecified atom stereocenters. The Balaban J connectivity index is 2.22. The maximum atomic E-state index is 7.28. The third-order valence-corrected chi connectivity index (χ3v) is 2.66. The second kappa shape index (κ2) is 4.71. The Hall–Kier alpha value is -1.95. The molecular weight excluding hydrogens is 222 g/mol. The van der Waals surface area contributed by atoms with Crippen molar-refractivity contribution in [2.75, 3.05) is 0 Å². The Morgan fingerprint density at radius 2 is 1.94 bits per heavy atom. The average Bonchev–Trinajstić information content (AvgIpc) is 2.30. The Labute approximate surface area is 96.7 Å². The first kappa shape index (κ1) is 10.6. The lowest BCUT2D eigenvalue weighted by Gasteiger charge is -2.01. The Bertz CT molecular complexity index is 500. The van der Waals surface area contributed by atoms with Crippen LogP contribution in [0.2, 0.25) is 0 Å². The minimum Gasteiger partial charge on any atom is -0.382 e. The molecule has 0 aliphatic carbocycles. The molecule has 0 bridgehead atoms. The molecule has 0 atom stereocenters. The fourth-order valence-corrected chi connectivity index (χ4v) is 1.78. The van der Waals surface area contributed by atoms with E-state index in [-0.39, 0.29) is 5.84 Å². The Morgan fingerprint density at radius 3 is 2.62 bits per heavy atom. The number of nitrogens with zero attached hydrogens (tertiary/aromatic N) is 3. The molecule has 0 spiro atoms. The molecule has 0 radical (unpaired) electrons. The predicted molar refractivity (Wildman–Crippen MR) is 61.4 cm³/mol. The molecule has 0 aromatic carbocycles. The smallest absolute Gasteiger partial charge is 0.193 e. The molecule has 0 aliphatic heterocycles. The second-order valence-electron chi connectivity index (χ2n) is 2.92. The normalized spacial score (nSPS) is 10.0. The van der Waals surface area contributed by atoms with E-state index in [4.69, 9.17) is 11.1 Å². The first-order chi connectivity index (χ1) is 7.75. The minimum absolute atomic E-state index is 0.0565. The lowest BCUT2D eigenvalue weighted by molar-refractivity contribution is 0.953. The summed E-state index contributed by atoms with van der Waals surface area (Å²) in [4.78, 5) is 13.2. The summed E-state index contributed by atoms with van der Waals surface area (Å²) in [5, 5.41) is 7.85. The van der Waals surface area contributed by atoms with Gasteiger partial charge in [0.05, 0.1) is 0 Å². The number of nitrogens with two attached hydrogens (primary N) is 1. The van der Waals surface area contributed by atoms with Crippen LogP contribution in [-0.4, -0.2) is 20.8 Å². The molecule has 80 valence electrons. The predicted octanol–water partition coefficient (Wildman–Crippen LogP) is 1.31. The van der Waals surface area contributed by atoms with Crippen molar-refractivity contribution in [2.24, 2.45) is 5.73 Å². The molecule has 0 saturated carbocycles. The maximum Gasteiger partial charge on any atom is 0.193 e. The fraction of sp³-hybridized carbons (Fsp3) is 0. The van der Waals surface area contributed by atoms with Gasteiger partial charge in [0.2, 0.25) is 0 Å². The van der Waals surface area contributed by atoms with Gasteiger partial charge in [-0.3, -0.25) is 10.4 Å². The van der Waals surface area contributed by atoms with Crippen molar-refractivity contribution < 1.29 is 0 Å². The van der Waals surface area contributed by atoms with Gasteiger partial charge in [-0.05, 0) is 30.0 Å². The monoisotopic (exact) mass is 231 g/mol. The van der Waals surface area contributed by atoms with Crippen LogP contribution in [0.1, 0.15) is 5.69 Å². The molecule has 2 aromatic rings. The van der Waals surface area contributed by atoms with Crippen LogP contribution in [0.3, 0.4) is 0 Å². The van der Waals surface area contributed by atoms with E-state index in [9.17, 15) is 0 Å². The van der Waals surface area contributed by atoms with E-state index in [0.717, 1.165) is 4.90 Å². The summed E-state index contributed by atoms with van der Waals surface area (Å²) >= 11 is 1.40. The topological polar surface area (TPSA) is 88.5 Å². The highest BCUT2D eigenvalue weighted by Gasteiger charge is 2.03. The van der Waals surface area contributed by atoms with Crippen molar-refractivity contribution in [2.45, 2.75) is 10.1 Å². The van der Waals surface area contributed by atoms with Crippen molar-refractivity contribution in [3.05, 3.63) is 42.5 Å². The molecule has 0 saturated heterocycles. The van der Waals surface area contributed by atoms with Crippen LogP contribution in [0.15, 0.2) is 46.8 Å². The van der Waals surface area contributed by atoms with Gasteiger partial charge in [0, 0.05) is 23.5 Å². The van der Waals surface area contributed by atoms with Gasteiger partial charge in [-0.1, -0.05) is 0 Å². The van der Waals surface area contributed by atoms with Crippen LogP contribution >= 0.6 is 11.8 Å². The molecule has 0 aliphatic rings. The SMILES string of the molecule is N=C(N)c1ccnc(Sc2ccncc2)n1. The van der Waals surface area contributed by atoms with Gasteiger partial charge in [0.15, 0.2) is 5.16 Å². The van der Waals surface area contributed by atoms with Crippen molar-refractivity contribution in [1.29, 1.82) is 5.41 Å². The number of aromatic nitrogens is 3. The maximum absolute atomic E-state index is 7.28. The van der Waals surface area contributed by atoms with E-state index in [0.29, 0.717) is 10.9 Å². The zero-order valence-electron chi connectivity index (χ0n) is 8.29. The minimum atomic E-state index is -0.0565. The van der Waals surface area contributed by atoms with Gasteiger partial charge < -0.3 is 5.73 Å². The number of nitrogens with one attached hydrogen (secondary N) is 1. The molecule has 2 aromatic heterocycles. The Kier molecular flexibility index (Phi) is 3.11. The number of nitrogen functional groups attached to an aromatic ring is 1. The number of hydrogen-bond donors (Lipinski definition) is 2. The summed E-state index contributed by atoms with van der Waals surface area (Å²) in [6, 6.07) is 5.35. The highest BCUT2D eigenvalue weighted by Crippen LogP contribution is 2.23. The number of hydrogen-bond acceptors (Lipinski definition) is 5. The van der Waals surface area contributed by atoms with Gasteiger partial charge in [-0.25, -0.2) is 9.97 Å². The van der Waals surface area contributed by atoms with Gasteiger partial charge in [-0.2, -0.15) is 0 Å². The van der Waals surface area contributed by atoms with Crippen LogP contribution in [0.25, 0.3) is 0 Å². The standard InChI is InChI=1S/C10H9N5S/c11-9(12)8-3-6-14-10(15-8)16-7-1-4-13-5-2-7/h1-6H,(H3,11,12). The largest absolute Gasteiger partial charge is 0.382 e. The lowest BCUT2D eigenvalue weighted by Crippen LogP contribution is -2.13. The summed E-state index contributed by atoms with van der Waals surface area (Å²) in [5.74, 6) is -0.0565. The van der Waals surface area contributed by atoms with Gasteiger partial charge in [0.1, 0.15) is 11.5 Å². The molecule has 5 nitrogen and oxygen atoms in total. The zero-order valence-corrected chi connectivity index (χ0v) is 9.11. The molecular formula is C10H9N5S. The van der Waals surface area contributed by atoms with Crippen LogP contribution in [0, 0.1) is 5.41 Å². The molecule has 6 heteroatoms. The molecule has 0 fully saturated rings. The molecule has 2 rings (SSSR count). The first-order valence-corrected chi connectivity index (χ1v) is 5.32. The van der Waals surface area contributed by atoms with E-state index < -0.39 is 0 Å². The van der Waals surface area contributed by atoms with E-state index in [2.05, 4.69) is 15.0 Å². The highest BCUT2D eigenvalue weighted by molar-refractivity contribution is 7.99. The third kappa shape index (κ3) is 2.54. The molecule has 3 N–H and O–H groups in total. The zero-order chi connectivity index (χ0) is 11.4. The summed E-state index contributed by atoms with van der Waals surface area (Å²) in [6.45, 7) is 0. The van der Waals surface area contributed by atoms with Gasteiger partial charge in [0.25, 0.3) is 0 Å². The van der Waals surface area contributed by atoms with E-state index in [1.165, 1.54) is 11.8 Å². The van der Waals surface area contributed by atoms with E-state index in [1.54, 1.807) is 24.7 Å². The van der Waals surface area contributed by atoms with Crippen molar-refractivity contribution in [3.63, 3.8) is 0 Å². The van der Waals surface area contributed by atoms with Crippen LogP contribution < -0.4 is 5.73 Å². The average molecular weight is 231 g/mol. The Morgan fingerprint density at radius 1 is 1.19 bits per heavy atom. The van der Waals surface area contributed by atoms with Crippen molar-refractivity contribution >= 4 is 17.6 Å². The number of amidine groups is 1. The van der Waals surface area contributed by atoms with Crippen molar-refractivity contribution in [3.8, 4) is 0 Å². The summed E-state index contributed by atoms with van der Waals surface area (Å²) < 4.78 is 0. The van der Waals surface area contributed by atoms with Crippen molar-refractivity contribution in [1.82, 2.24) is 15.0 Å². The first-order valence-electron chi connectivity index (χ1n) is 4.51. The van der Waals surface area contributed by atoms with E-state index >= 15 is 0 Å². The molecule has 0 amide bonds. The van der Waals surface area contributed by atoms with Crippen LogP contribution in [-0.2, 0) is 0 Å². The third-order valence-electron chi connectivity index (χ3n) is 1.77. The fourth-order valence-electron chi connectivity index (χ4n) is 1.05. The summed E-state index contributed by atoms with van der Waals surface area (Å²) in [6.07, 6.45) is 5.00.